The third-order valence-corrected chi connectivity index (χ3v) is 9.33. The highest BCUT2D eigenvalue weighted by atomic mass is 16.6. The molecule has 4 aliphatic rings. The number of amides is 4. The van der Waals surface area contributed by atoms with Gasteiger partial charge >= 0.3 is 5.69 Å². The second-order valence-electron chi connectivity index (χ2n) is 12.0. The normalized spacial score (nSPS) is 21.5. The highest BCUT2D eigenvalue weighted by molar-refractivity contribution is 6.23. The number of piperazine rings is 1. The average Bonchev–Trinajstić information content (AvgIpc) is 3.26. The van der Waals surface area contributed by atoms with Crippen LogP contribution in [0, 0.1) is 23.0 Å². The van der Waals surface area contributed by atoms with Crippen molar-refractivity contribution in [2.75, 3.05) is 62.7 Å². The van der Waals surface area contributed by atoms with Crippen LogP contribution in [0.2, 0.25) is 0 Å². The maximum atomic E-state index is 13.2. The lowest BCUT2D eigenvalue weighted by Crippen LogP contribution is -2.54. The fraction of sp³-hybridized carbons (Fsp3) is 0.484. The first-order valence-electron chi connectivity index (χ1n) is 15.1. The third-order valence-electron chi connectivity index (χ3n) is 9.33. The fourth-order valence-electron chi connectivity index (χ4n) is 6.87. The SMILES string of the molecule is COc1cc(N2CCN(CC3CCN(c4ccc5c(c4)C(=O)N(C4CCC(=O)NC4=O)C5=O)CC3)CC2)c(C)cc1[N+](=O)[O-]. The Morgan fingerprint density at radius 2 is 1.61 bits per heavy atom. The lowest BCUT2D eigenvalue weighted by atomic mass is 9.95. The quantitative estimate of drug-likeness (QED) is 0.284. The topological polar surface area (TPSA) is 146 Å². The van der Waals surface area contributed by atoms with E-state index in [0.29, 0.717) is 17.0 Å². The number of anilines is 2. The smallest absolute Gasteiger partial charge is 0.311 e. The van der Waals surface area contributed by atoms with Crippen molar-refractivity contribution in [3.8, 4) is 5.75 Å². The number of nitrogens with zero attached hydrogens (tertiary/aromatic N) is 5. The van der Waals surface area contributed by atoms with E-state index in [-0.39, 0.29) is 24.3 Å². The number of fused-ring (bicyclic) bond motifs is 1. The number of ether oxygens (including phenoxy) is 1. The Balaban J connectivity index is 1.02. The molecule has 0 aliphatic carbocycles. The molecule has 1 N–H and O–H groups in total. The van der Waals surface area contributed by atoms with Gasteiger partial charge in [0.15, 0.2) is 5.75 Å². The van der Waals surface area contributed by atoms with E-state index in [1.54, 1.807) is 24.3 Å². The predicted octanol–water partition coefficient (Wildman–Crippen LogP) is 2.35. The molecule has 2 aromatic rings. The van der Waals surface area contributed by atoms with Gasteiger partial charge in [0, 0.05) is 75.7 Å². The number of aryl methyl sites for hydroxylation is 1. The van der Waals surface area contributed by atoms with Crippen molar-refractivity contribution in [2.24, 2.45) is 5.92 Å². The van der Waals surface area contributed by atoms with Gasteiger partial charge in [0.25, 0.3) is 11.8 Å². The van der Waals surface area contributed by atoms with E-state index in [2.05, 4.69) is 20.0 Å². The number of methoxy groups -OCH3 is 1. The molecule has 3 saturated heterocycles. The Hall–Kier alpha value is -4.52. The summed E-state index contributed by atoms with van der Waals surface area (Å²) in [5.74, 6) is -1.17. The molecule has 3 fully saturated rings. The zero-order chi connectivity index (χ0) is 31.1. The number of benzene rings is 2. The number of nitrogens with one attached hydrogen (secondary N) is 1. The summed E-state index contributed by atoms with van der Waals surface area (Å²) in [6.45, 7) is 8.05. The number of hydrogen-bond acceptors (Lipinski definition) is 10. The third kappa shape index (κ3) is 5.47. The van der Waals surface area contributed by atoms with Gasteiger partial charge in [0.05, 0.1) is 23.2 Å². The molecule has 44 heavy (non-hydrogen) atoms. The Morgan fingerprint density at radius 1 is 0.909 bits per heavy atom. The first kappa shape index (κ1) is 29.5. The van der Waals surface area contributed by atoms with Gasteiger partial charge in [-0.3, -0.25) is 44.4 Å². The minimum absolute atomic E-state index is 0.0205. The molecular formula is C31H36N6O7. The van der Waals surface area contributed by atoms with Crippen LogP contribution >= 0.6 is 0 Å². The van der Waals surface area contributed by atoms with Gasteiger partial charge < -0.3 is 14.5 Å². The number of nitro benzene ring substituents is 1. The molecule has 232 valence electrons. The molecule has 0 radical (unpaired) electrons. The Kier molecular flexibility index (Phi) is 7.97. The predicted molar refractivity (Wildman–Crippen MR) is 161 cm³/mol. The van der Waals surface area contributed by atoms with E-state index in [1.165, 1.54) is 7.11 Å². The van der Waals surface area contributed by atoms with Crippen molar-refractivity contribution in [1.29, 1.82) is 0 Å². The number of nitro groups is 1. The fourth-order valence-corrected chi connectivity index (χ4v) is 6.87. The van der Waals surface area contributed by atoms with Crippen LogP contribution in [0.25, 0.3) is 0 Å². The van der Waals surface area contributed by atoms with Gasteiger partial charge in [-0.1, -0.05) is 0 Å². The molecular weight excluding hydrogens is 568 g/mol. The van der Waals surface area contributed by atoms with E-state index >= 15 is 0 Å². The first-order valence-corrected chi connectivity index (χ1v) is 15.1. The average molecular weight is 605 g/mol. The van der Waals surface area contributed by atoms with Crippen molar-refractivity contribution < 1.29 is 28.8 Å². The number of carbonyl (C=O) groups is 4. The van der Waals surface area contributed by atoms with Crippen LogP contribution in [0.5, 0.6) is 5.75 Å². The molecule has 4 aliphatic heterocycles. The summed E-state index contributed by atoms with van der Waals surface area (Å²) in [5, 5.41) is 13.6. The van der Waals surface area contributed by atoms with Crippen LogP contribution in [0.3, 0.4) is 0 Å². The first-order chi connectivity index (χ1) is 21.1. The number of carbonyl (C=O) groups excluding carboxylic acids is 4. The monoisotopic (exact) mass is 604 g/mol. The van der Waals surface area contributed by atoms with E-state index in [0.717, 1.165) is 80.5 Å². The number of rotatable bonds is 7. The largest absolute Gasteiger partial charge is 0.490 e. The minimum Gasteiger partial charge on any atom is -0.490 e. The second kappa shape index (κ2) is 11.9. The second-order valence-corrected chi connectivity index (χ2v) is 12.0. The number of piperidine rings is 2. The highest BCUT2D eigenvalue weighted by Gasteiger charge is 2.44. The molecule has 1 unspecified atom stereocenters. The van der Waals surface area contributed by atoms with E-state index in [9.17, 15) is 29.3 Å². The molecule has 0 spiro atoms. The molecule has 2 aromatic carbocycles. The number of hydrogen-bond donors (Lipinski definition) is 1. The molecule has 13 nitrogen and oxygen atoms in total. The summed E-state index contributed by atoms with van der Waals surface area (Å²) < 4.78 is 5.28. The van der Waals surface area contributed by atoms with Gasteiger partial charge in [0.2, 0.25) is 11.8 Å². The molecule has 4 heterocycles. The maximum absolute atomic E-state index is 13.2. The lowest BCUT2D eigenvalue weighted by Gasteiger charge is -2.40. The molecule has 6 rings (SSSR count). The standard InChI is InChI=1S/C31H36N6O7/c1-19-15-26(37(42)43)27(44-2)17-25(19)35-13-11-33(12-14-35)18-20-7-9-34(10-8-20)21-3-4-22-23(16-21)31(41)36(30(22)40)24-5-6-28(38)32-29(24)39/h3-4,15-17,20,24H,5-14,18H2,1-2H3,(H,32,38,39). The van der Waals surface area contributed by atoms with Crippen molar-refractivity contribution in [1.82, 2.24) is 15.1 Å². The van der Waals surface area contributed by atoms with E-state index in [1.807, 2.05) is 13.0 Å². The molecule has 0 aromatic heterocycles. The van der Waals surface area contributed by atoms with Crippen LogP contribution in [-0.4, -0.2) is 97.3 Å². The van der Waals surface area contributed by atoms with Crippen LogP contribution in [0.1, 0.15) is 52.0 Å². The molecule has 1 atom stereocenters. The van der Waals surface area contributed by atoms with Crippen LogP contribution in [0.4, 0.5) is 17.1 Å². The molecule has 4 amide bonds. The zero-order valence-corrected chi connectivity index (χ0v) is 24.9. The maximum Gasteiger partial charge on any atom is 0.311 e. The summed E-state index contributed by atoms with van der Waals surface area (Å²) in [4.78, 5) is 69.1. The Labute approximate surface area is 254 Å². The van der Waals surface area contributed by atoms with Gasteiger partial charge in [-0.2, -0.15) is 0 Å². The van der Waals surface area contributed by atoms with Gasteiger partial charge in [0.1, 0.15) is 6.04 Å². The Bertz CT molecular complexity index is 1530. The van der Waals surface area contributed by atoms with Crippen LogP contribution < -0.4 is 19.9 Å². The Morgan fingerprint density at radius 3 is 2.27 bits per heavy atom. The number of imide groups is 2. The molecule has 13 heteroatoms. The highest BCUT2D eigenvalue weighted by Crippen LogP contribution is 2.36. The van der Waals surface area contributed by atoms with Gasteiger partial charge in [-0.05, 0) is 55.9 Å². The lowest BCUT2D eigenvalue weighted by molar-refractivity contribution is -0.385. The zero-order valence-electron chi connectivity index (χ0n) is 24.9. The van der Waals surface area contributed by atoms with Crippen molar-refractivity contribution in [3.63, 3.8) is 0 Å². The summed E-state index contributed by atoms with van der Waals surface area (Å²) >= 11 is 0. The van der Waals surface area contributed by atoms with E-state index < -0.39 is 34.6 Å². The minimum atomic E-state index is -0.970. The van der Waals surface area contributed by atoms with Gasteiger partial charge in [-0.15, -0.1) is 0 Å². The van der Waals surface area contributed by atoms with Crippen LogP contribution in [-0.2, 0) is 9.59 Å². The van der Waals surface area contributed by atoms with Crippen molar-refractivity contribution in [3.05, 3.63) is 57.1 Å². The molecule has 0 saturated carbocycles. The van der Waals surface area contributed by atoms with Crippen molar-refractivity contribution >= 4 is 40.7 Å². The van der Waals surface area contributed by atoms with E-state index in [4.69, 9.17) is 4.74 Å². The molecule has 0 bridgehead atoms. The summed E-state index contributed by atoms with van der Waals surface area (Å²) in [6, 6.07) is 7.68. The summed E-state index contributed by atoms with van der Waals surface area (Å²) in [6.07, 6.45) is 2.24. The van der Waals surface area contributed by atoms with Crippen LogP contribution in [0.15, 0.2) is 30.3 Å². The van der Waals surface area contributed by atoms with Crippen molar-refractivity contribution in [2.45, 2.75) is 38.6 Å². The van der Waals surface area contributed by atoms with Gasteiger partial charge in [-0.25, -0.2) is 0 Å². The summed E-state index contributed by atoms with van der Waals surface area (Å²) in [5.41, 5.74) is 3.29. The summed E-state index contributed by atoms with van der Waals surface area (Å²) in [7, 11) is 1.45.